The molecule has 0 atom stereocenters. The third kappa shape index (κ3) is 5.74. The van der Waals surface area contributed by atoms with E-state index in [2.05, 4.69) is 10.3 Å². The lowest BCUT2D eigenvalue weighted by molar-refractivity contribution is -0.387. The minimum Gasteiger partial charge on any atom is -0.347 e. The van der Waals surface area contributed by atoms with Crippen molar-refractivity contribution in [3.63, 3.8) is 0 Å². The fraction of sp³-hybridized carbons (Fsp3) is 0.111. The van der Waals surface area contributed by atoms with Crippen molar-refractivity contribution in [1.82, 2.24) is 10.3 Å². The molecule has 8 nitrogen and oxygen atoms in total. The zero-order chi connectivity index (χ0) is 22.8. The third-order valence-electron chi connectivity index (χ3n) is 3.91. The van der Waals surface area contributed by atoms with Gasteiger partial charge < -0.3 is 5.32 Å². The van der Waals surface area contributed by atoms with Gasteiger partial charge in [0, 0.05) is 31.3 Å². The Balaban J connectivity index is 1.77. The summed E-state index contributed by atoms with van der Waals surface area (Å²) < 4.78 is 23.3. The summed E-state index contributed by atoms with van der Waals surface area (Å²) in [5, 5.41) is 14.6. The minimum absolute atomic E-state index is 0.124. The summed E-state index contributed by atoms with van der Waals surface area (Å²) in [6.45, 7) is 0.124. The molecule has 31 heavy (non-hydrogen) atoms. The molecule has 0 unspecified atom stereocenters. The number of rotatable bonds is 7. The summed E-state index contributed by atoms with van der Waals surface area (Å²) in [5.41, 5.74) is 0.443. The number of carbonyl (C=O) groups excluding carboxylic acids is 1. The average Bonchev–Trinajstić information content (AvgIpc) is 3.13. The van der Waals surface area contributed by atoms with Gasteiger partial charge in [-0.1, -0.05) is 47.1 Å². The van der Waals surface area contributed by atoms with E-state index in [1.165, 1.54) is 30.6 Å². The van der Waals surface area contributed by atoms with E-state index < -0.39 is 20.7 Å². The van der Waals surface area contributed by atoms with Crippen LogP contribution in [0.2, 0.25) is 10.0 Å². The minimum atomic E-state index is -3.31. The molecule has 0 spiro atoms. The van der Waals surface area contributed by atoms with Crippen LogP contribution in [-0.4, -0.2) is 30.5 Å². The highest BCUT2D eigenvalue weighted by atomic mass is 35.5. The number of amides is 1. The number of benzene rings is 1. The van der Waals surface area contributed by atoms with Crippen molar-refractivity contribution in [2.45, 2.75) is 20.5 Å². The zero-order valence-electron chi connectivity index (χ0n) is 15.7. The average molecular weight is 518 g/mol. The van der Waals surface area contributed by atoms with Gasteiger partial charge in [0.25, 0.3) is 11.6 Å². The van der Waals surface area contributed by atoms with Crippen molar-refractivity contribution in [1.29, 1.82) is 0 Å². The number of halogens is 2. The van der Waals surface area contributed by atoms with Gasteiger partial charge in [-0.25, -0.2) is 8.42 Å². The smallest absolute Gasteiger partial charge is 0.294 e. The van der Waals surface area contributed by atoms with Gasteiger partial charge in [-0.15, -0.1) is 11.3 Å². The Morgan fingerprint density at radius 1 is 1.23 bits per heavy atom. The van der Waals surface area contributed by atoms with Crippen molar-refractivity contribution in [2.24, 2.45) is 0 Å². The van der Waals surface area contributed by atoms with Crippen LogP contribution < -0.4 is 5.32 Å². The van der Waals surface area contributed by atoms with Crippen molar-refractivity contribution in [2.75, 3.05) is 6.26 Å². The molecule has 0 saturated heterocycles. The van der Waals surface area contributed by atoms with Gasteiger partial charge in [-0.2, -0.15) is 0 Å². The number of carbonyl (C=O) groups is 1. The predicted molar refractivity (Wildman–Crippen MR) is 120 cm³/mol. The lowest BCUT2D eigenvalue weighted by atomic mass is 10.2. The molecule has 1 amide bonds. The van der Waals surface area contributed by atoms with Crippen LogP contribution in [0.1, 0.15) is 15.2 Å². The third-order valence-corrected chi connectivity index (χ3v) is 8.29. The Morgan fingerprint density at radius 3 is 2.39 bits per heavy atom. The summed E-state index contributed by atoms with van der Waals surface area (Å²) in [5.74, 6) is -0.501. The Kier molecular flexibility index (Phi) is 7.22. The Hall–Kier alpha value is -2.18. The summed E-state index contributed by atoms with van der Waals surface area (Å²) in [6.07, 6.45) is 3.85. The van der Waals surface area contributed by atoms with Crippen molar-refractivity contribution < 1.29 is 18.1 Å². The van der Waals surface area contributed by atoms with Crippen molar-refractivity contribution >= 4 is 67.7 Å². The van der Waals surface area contributed by atoms with Crippen LogP contribution in [0.25, 0.3) is 0 Å². The maximum Gasteiger partial charge on any atom is 0.294 e. The van der Waals surface area contributed by atoms with Gasteiger partial charge in [0.15, 0.2) is 9.84 Å². The molecule has 13 heteroatoms. The van der Waals surface area contributed by atoms with E-state index in [-0.39, 0.29) is 36.3 Å². The SMILES string of the molecule is CS(=O)(=O)c1ccc(CNC(=O)c2cc([N+](=O)[O-])c(Sc3c(Cl)cncc3Cl)s2)cc1. The van der Waals surface area contributed by atoms with Gasteiger partial charge in [0.05, 0.1) is 24.8 Å². The van der Waals surface area contributed by atoms with Crippen LogP contribution in [0.5, 0.6) is 0 Å². The number of thiophene rings is 1. The fourth-order valence-electron chi connectivity index (χ4n) is 2.39. The maximum atomic E-state index is 12.5. The molecule has 1 aromatic carbocycles. The first-order valence-corrected chi connectivity index (χ1v) is 12.7. The number of nitro groups is 1. The molecule has 2 heterocycles. The normalized spacial score (nSPS) is 11.3. The highest BCUT2D eigenvalue weighted by Crippen LogP contribution is 2.45. The van der Waals surface area contributed by atoms with Crippen LogP contribution >= 0.6 is 46.3 Å². The molecule has 0 fully saturated rings. The Bertz CT molecular complexity index is 1240. The Morgan fingerprint density at radius 2 is 1.84 bits per heavy atom. The van der Waals surface area contributed by atoms with E-state index in [0.717, 1.165) is 29.4 Å². The number of nitrogens with zero attached hydrogens (tertiary/aromatic N) is 2. The second-order valence-corrected chi connectivity index (χ2v) is 11.3. The molecule has 2 aromatic heterocycles. The summed E-state index contributed by atoms with van der Waals surface area (Å²) in [7, 11) is -3.31. The van der Waals surface area contributed by atoms with Gasteiger partial charge >= 0.3 is 0 Å². The summed E-state index contributed by atoms with van der Waals surface area (Å²) in [6, 6.07) is 7.26. The highest BCUT2D eigenvalue weighted by molar-refractivity contribution is 8.01. The molecular formula is C18H13Cl2N3O5S3. The number of sulfone groups is 1. The lowest BCUT2D eigenvalue weighted by Crippen LogP contribution is -2.21. The second-order valence-electron chi connectivity index (χ2n) is 6.17. The van der Waals surface area contributed by atoms with Crippen LogP contribution in [-0.2, 0) is 16.4 Å². The monoisotopic (exact) mass is 517 g/mol. The fourth-order valence-corrected chi connectivity index (χ4v) is 5.80. The molecule has 1 N–H and O–H groups in total. The highest BCUT2D eigenvalue weighted by Gasteiger charge is 2.25. The van der Waals surface area contributed by atoms with Crippen molar-refractivity contribution in [3.8, 4) is 0 Å². The van der Waals surface area contributed by atoms with E-state index >= 15 is 0 Å². The standard InChI is InChI=1S/C18H13Cl2N3O5S3/c1-31(27,28)11-4-2-10(3-5-11)7-22-17(24)15-6-14(23(25)26)18(29-15)30-16-12(19)8-21-9-13(16)20/h2-6,8-9H,7H2,1H3,(H,22,24). The lowest BCUT2D eigenvalue weighted by Gasteiger charge is -2.05. The van der Waals surface area contributed by atoms with E-state index in [0.29, 0.717) is 10.5 Å². The molecule has 0 saturated carbocycles. The number of aromatic nitrogens is 1. The molecule has 0 bridgehead atoms. The number of nitrogens with one attached hydrogen (secondary N) is 1. The summed E-state index contributed by atoms with van der Waals surface area (Å²) in [4.78, 5) is 28.0. The zero-order valence-corrected chi connectivity index (χ0v) is 19.6. The first kappa shape index (κ1) is 23.5. The largest absolute Gasteiger partial charge is 0.347 e. The first-order valence-electron chi connectivity index (χ1n) is 8.38. The van der Waals surface area contributed by atoms with Crippen LogP contribution in [0.4, 0.5) is 5.69 Å². The molecule has 3 aromatic rings. The number of hydrogen-bond donors (Lipinski definition) is 1. The van der Waals surface area contributed by atoms with E-state index in [9.17, 15) is 23.3 Å². The second kappa shape index (κ2) is 9.53. The van der Waals surface area contributed by atoms with Gasteiger partial charge in [-0.3, -0.25) is 19.9 Å². The number of hydrogen-bond acceptors (Lipinski definition) is 8. The van der Waals surface area contributed by atoms with Gasteiger partial charge in [0.1, 0.15) is 9.09 Å². The predicted octanol–water partition coefficient (Wildman–Crippen LogP) is 4.84. The summed E-state index contributed by atoms with van der Waals surface area (Å²) >= 11 is 14.1. The molecule has 0 aliphatic carbocycles. The molecule has 0 aliphatic rings. The molecular weight excluding hydrogens is 505 g/mol. The molecule has 0 aliphatic heterocycles. The maximum absolute atomic E-state index is 12.5. The quantitative estimate of drug-likeness (QED) is 0.351. The Labute approximate surface area is 195 Å². The van der Waals surface area contributed by atoms with Crippen LogP contribution in [0.15, 0.2) is 56.7 Å². The molecule has 162 valence electrons. The van der Waals surface area contributed by atoms with Crippen LogP contribution in [0.3, 0.4) is 0 Å². The van der Waals surface area contributed by atoms with Crippen LogP contribution in [0, 0.1) is 10.1 Å². The van der Waals surface area contributed by atoms with Crippen molar-refractivity contribution in [3.05, 3.63) is 73.3 Å². The van der Waals surface area contributed by atoms with E-state index in [1.807, 2.05) is 0 Å². The van der Waals surface area contributed by atoms with E-state index in [1.54, 1.807) is 12.1 Å². The first-order chi connectivity index (χ1) is 14.6. The van der Waals surface area contributed by atoms with Gasteiger partial charge in [-0.05, 0) is 17.7 Å². The topological polar surface area (TPSA) is 119 Å². The number of pyridine rings is 1. The van der Waals surface area contributed by atoms with E-state index in [4.69, 9.17) is 23.2 Å². The molecule has 0 radical (unpaired) electrons. The molecule has 3 rings (SSSR count). The van der Waals surface area contributed by atoms with Gasteiger partial charge in [0.2, 0.25) is 0 Å².